The van der Waals surface area contributed by atoms with Crippen molar-refractivity contribution in [3.63, 3.8) is 0 Å². The zero-order valence-electron chi connectivity index (χ0n) is 15.4. The number of benzene rings is 2. The van der Waals surface area contributed by atoms with Gasteiger partial charge < -0.3 is 9.08 Å². The van der Waals surface area contributed by atoms with Gasteiger partial charge in [0.05, 0.1) is 0 Å². The molecule has 0 spiro atoms. The van der Waals surface area contributed by atoms with Gasteiger partial charge in [-0.05, 0) is 42.8 Å². The van der Waals surface area contributed by atoms with E-state index in [1.165, 1.54) is 12.1 Å². The van der Waals surface area contributed by atoms with Crippen LogP contribution in [0.1, 0.15) is 26.2 Å². The molecule has 1 heterocycles. The van der Waals surface area contributed by atoms with Crippen LogP contribution in [0.4, 0.5) is 10.5 Å². The predicted octanol–water partition coefficient (Wildman–Crippen LogP) is 3.89. The minimum absolute atomic E-state index is 0.0257. The maximum atomic E-state index is 12.5. The highest BCUT2D eigenvalue weighted by Crippen LogP contribution is 2.24. The van der Waals surface area contributed by atoms with E-state index in [0.29, 0.717) is 18.8 Å². The van der Waals surface area contributed by atoms with Crippen molar-refractivity contribution < 1.29 is 17.4 Å². The fourth-order valence-electron chi connectivity index (χ4n) is 3.03. The highest BCUT2D eigenvalue weighted by molar-refractivity contribution is 7.87. The molecule has 144 valence electrons. The smallest absolute Gasteiger partial charge is 0.339 e. The van der Waals surface area contributed by atoms with Crippen molar-refractivity contribution in [1.82, 2.24) is 4.90 Å². The second kappa shape index (κ2) is 8.43. The Hall–Kier alpha value is -2.54. The number of hydrogen-bond acceptors (Lipinski definition) is 4. The van der Waals surface area contributed by atoms with Crippen LogP contribution < -0.4 is 9.08 Å². The summed E-state index contributed by atoms with van der Waals surface area (Å²) in [5, 5.41) is 0. The van der Waals surface area contributed by atoms with Gasteiger partial charge in [-0.25, -0.2) is 4.79 Å². The van der Waals surface area contributed by atoms with Gasteiger partial charge in [-0.15, -0.1) is 0 Å². The monoisotopic (exact) mass is 388 g/mol. The Morgan fingerprint density at radius 2 is 1.67 bits per heavy atom. The number of para-hydroxylation sites is 1. The molecule has 0 atom stereocenters. The lowest BCUT2D eigenvalue weighted by Crippen LogP contribution is -2.32. The van der Waals surface area contributed by atoms with E-state index in [1.54, 1.807) is 47.4 Å². The van der Waals surface area contributed by atoms with Crippen LogP contribution in [0.15, 0.2) is 59.5 Å². The molecule has 0 aromatic heterocycles. The SMILES string of the molecule is CCCCCN1CCN(c2ccc(S(=O)(=O)Oc3ccccc3)cc2)C1=O. The van der Waals surface area contributed by atoms with Crippen LogP contribution in [0.3, 0.4) is 0 Å². The lowest BCUT2D eigenvalue weighted by Gasteiger charge is -2.19. The molecule has 7 heteroatoms. The van der Waals surface area contributed by atoms with Gasteiger partial charge in [-0.3, -0.25) is 4.90 Å². The number of unbranched alkanes of at least 4 members (excludes halogenated alkanes) is 2. The predicted molar refractivity (Wildman–Crippen MR) is 105 cm³/mol. The number of anilines is 1. The second-order valence-corrected chi connectivity index (χ2v) is 8.02. The van der Waals surface area contributed by atoms with E-state index in [4.69, 9.17) is 4.18 Å². The van der Waals surface area contributed by atoms with Crippen LogP contribution in [-0.2, 0) is 10.1 Å². The summed E-state index contributed by atoms with van der Waals surface area (Å²) >= 11 is 0. The standard InChI is InChI=1S/C20H24N2O4S/c1-2-3-7-14-21-15-16-22(20(21)23)17-10-12-19(13-11-17)27(24,25)26-18-8-5-4-6-9-18/h4-6,8-13H,2-3,7,14-16H2,1H3. The number of amides is 2. The number of rotatable bonds is 8. The molecule has 0 saturated carbocycles. The third kappa shape index (κ3) is 4.60. The minimum Gasteiger partial charge on any atom is -0.379 e. The van der Waals surface area contributed by atoms with Crippen molar-refractivity contribution in [2.45, 2.75) is 31.1 Å². The zero-order valence-corrected chi connectivity index (χ0v) is 16.2. The number of hydrogen-bond donors (Lipinski definition) is 0. The highest BCUT2D eigenvalue weighted by atomic mass is 32.2. The van der Waals surface area contributed by atoms with Gasteiger partial charge in [0.1, 0.15) is 10.6 Å². The van der Waals surface area contributed by atoms with Crippen molar-refractivity contribution in [3.8, 4) is 5.75 Å². The topological polar surface area (TPSA) is 66.9 Å². The van der Waals surface area contributed by atoms with E-state index in [9.17, 15) is 13.2 Å². The molecule has 27 heavy (non-hydrogen) atoms. The Morgan fingerprint density at radius 1 is 0.963 bits per heavy atom. The Labute approximate surface area is 160 Å². The molecular weight excluding hydrogens is 364 g/mol. The van der Waals surface area contributed by atoms with Crippen molar-refractivity contribution in [2.24, 2.45) is 0 Å². The summed E-state index contributed by atoms with van der Waals surface area (Å²) in [6.07, 6.45) is 3.23. The van der Waals surface area contributed by atoms with Gasteiger partial charge in [-0.1, -0.05) is 38.0 Å². The van der Waals surface area contributed by atoms with Gasteiger partial charge in [0, 0.05) is 25.3 Å². The molecule has 6 nitrogen and oxygen atoms in total. The Kier molecular flexibility index (Phi) is 6.01. The maximum Gasteiger partial charge on any atom is 0.339 e. The summed E-state index contributed by atoms with van der Waals surface area (Å²) in [7, 11) is -3.91. The van der Waals surface area contributed by atoms with Crippen LogP contribution in [0.5, 0.6) is 5.75 Å². The lowest BCUT2D eigenvalue weighted by atomic mass is 10.2. The number of carbonyl (C=O) groups is 1. The molecule has 1 fully saturated rings. The van der Waals surface area contributed by atoms with Gasteiger partial charge in [-0.2, -0.15) is 8.42 Å². The first-order valence-corrected chi connectivity index (χ1v) is 10.6. The first-order chi connectivity index (χ1) is 13.0. The van der Waals surface area contributed by atoms with Crippen molar-refractivity contribution >= 4 is 21.8 Å². The number of nitrogens with zero attached hydrogens (tertiary/aromatic N) is 2. The third-order valence-corrected chi connectivity index (χ3v) is 5.77. The summed E-state index contributed by atoms with van der Waals surface area (Å²) in [5.74, 6) is 0.263. The highest BCUT2D eigenvalue weighted by Gasteiger charge is 2.29. The van der Waals surface area contributed by atoms with Gasteiger partial charge >= 0.3 is 16.1 Å². The van der Waals surface area contributed by atoms with E-state index in [2.05, 4.69) is 6.92 Å². The van der Waals surface area contributed by atoms with Crippen LogP contribution in [-0.4, -0.2) is 39.0 Å². The quantitative estimate of drug-likeness (QED) is 0.508. The maximum absolute atomic E-state index is 12.5. The summed E-state index contributed by atoms with van der Waals surface area (Å²) in [6.45, 7) is 4.20. The average molecular weight is 388 g/mol. The molecule has 0 bridgehead atoms. The van der Waals surface area contributed by atoms with Crippen LogP contribution >= 0.6 is 0 Å². The van der Waals surface area contributed by atoms with Crippen LogP contribution in [0.25, 0.3) is 0 Å². The van der Waals surface area contributed by atoms with Crippen molar-refractivity contribution in [3.05, 3.63) is 54.6 Å². The Bertz CT molecular complexity index is 867. The van der Waals surface area contributed by atoms with E-state index < -0.39 is 10.1 Å². The molecule has 1 saturated heterocycles. The molecule has 0 radical (unpaired) electrons. The van der Waals surface area contributed by atoms with Gasteiger partial charge in [0.15, 0.2) is 0 Å². The molecule has 1 aliphatic heterocycles. The van der Waals surface area contributed by atoms with Crippen LogP contribution in [0.2, 0.25) is 0 Å². The molecule has 0 aliphatic carbocycles. The van der Waals surface area contributed by atoms with E-state index >= 15 is 0 Å². The third-order valence-electron chi connectivity index (χ3n) is 4.51. The van der Waals surface area contributed by atoms with E-state index in [0.717, 1.165) is 25.8 Å². The molecule has 0 unspecified atom stereocenters. The lowest BCUT2D eigenvalue weighted by molar-refractivity contribution is 0.219. The Balaban J connectivity index is 1.67. The Morgan fingerprint density at radius 3 is 2.33 bits per heavy atom. The van der Waals surface area contributed by atoms with Crippen molar-refractivity contribution in [1.29, 1.82) is 0 Å². The second-order valence-electron chi connectivity index (χ2n) is 6.47. The molecule has 2 aromatic carbocycles. The molecule has 1 aliphatic rings. The van der Waals surface area contributed by atoms with E-state index in [-0.39, 0.29) is 16.7 Å². The molecule has 3 rings (SSSR count). The summed E-state index contributed by atoms with van der Waals surface area (Å²) in [5.41, 5.74) is 0.691. The minimum atomic E-state index is -3.91. The number of urea groups is 1. The number of carbonyl (C=O) groups excluding carboxylic acids is 1. The van der Waals surface area contributed by atoms with Crippen molar-refractivity contribution in [2.75, 3.05) is 24.5 Å². The summed E-state index contributed by atoms with van der Waals surface area (Å²) in [6, 6.07) is 14.6. The fraction of sp³-hybridized carbons (Fsp3) is 0.350. The molecule has 0 N–H and O–H groups in total. The van der Waals surface area contributed by atoms with E-state index in [1.807, 2.05) is 4.90 Å². The first kappa shape index (κ1) is 19.2. The first-order valence-electron chi connectivity index (χ1n) is 9.17. The van der Waals surface area contributed by atoms with Gasteiger partial charge in [0.2, 0.25) is 0 Å². The largest absolute Gasteiger partial charge is 0.379 e. The fourth-order valence-corrected chi connectivity index (χ4v) is 3.96. The normalized spacial score (nSPS) is 14.6. The molecular formula is C20H24N2O4S. The van der Waals surface area contributed by atoms with Gasteiger partial charge in [0.25, 0.3) is 0 Å². The van der Waals surface area contributed by atoms with Crippen LogP contribution in [0, 0.1) is 0 Å². The zero-order chi connectivity index (χ0) is 19.3. The summed E-state index contributed by atoms with van der Waals surface area (Å²) in [4.78, 5) is 16.1. The molecule has 2 amide bonds. The molecule has 2 aromatic rings. The average Bonchev–Trinajstić information content (AvgIpc) is 3.03. The summed E-state index contributed by atoms with van der Waals surface area (Å²) < 4.78 is 29.9.